The van der Waals surface area contributed by atoms with Gasteiger partial charge in [-0.15, -0.1) is 0 Å². The lowest BCUT2D eigenvalue weighted by molar-refractivity contribution is -0.119. The number of nitrogens with one attached hydrogen (secondary N) is 1. The molecule has 5 nitrogen and oxygen atoms in total. The van der Waals surface area contributed by atoms with Crippen LogP contribution in [0.3, 0.4) is 0 Å². The number of aryl methyl sites for hydroxylation is 2. The van der Waals surface area contributed by atoms with Gasteiger partial charge in [0.15, 0.2) is 6.61 Å². The van der Waals surface area contributed by atoms with E-state index in [4.69, 9.17) is 4.74 Å². The van der Waals surface area contributed by atoms with Crippen molar-refractivity contribution in [1.82, 2.24) is 4.57 Å². The van der Waals surface area contributed by atoms with E-state index < -0.39 is 5.97 Å². The van der Waals surface area contributed by atoms with Crippen molar-refractivity contribution in [3.63, 3.8) is 0 Å². The minimum Gasteiger partial charge on any atom is -0.452 e. The molecule has 0 radical (unpaired) electrons. The maximum absolute atomic E-state index is 12.5. The molecule has 5 heteroatoms. The molecule has 0 spiro atoms. The van der Waals surface area contributed by atoms with E-state index in [9.17, 15) is 9.59 Å². The van der Waals surface area contributed by atoms with Crippen molar-refractivity contribution in [2.75, 3.05) is 11.9 Å². The fourth-order valence-electron chi connectivity index (χ4n) is 3.02. The number of ether oxygens (including phenoxy) is 1. The molecule has 3 rings (SSSR count). The van der Waals surface area contributed by atoms with Crippen LogP contribution in [0.25, 0.3) is 10.9 Å². The molecule has 0 aliphatic carbocycles. The monoisotopic (exact) mass is 350 g/mol. The van der Waals surface area contributed by atoms with Gasteiger partial charge in [0.1, 0.15) is 0 Å². The summed E-state index contributed by atoms with van der Waals surface area (Å²) in [6.07, 6.45) is 2.59. The predicted octanol–water partition coefficient (Wildman–Crippen LogP) is 4.02. The number of esters is 1. The van der Waals surface area contributed by atoms with E-state index in [1.54, 1.807) is 6.20 Å². The highest BCUT2D eigenvalue weighted by Gasteiger charge is 2.17. The van der Waals surface area contributed by atoms with E-state index in [0.29, 0.717) is 5.56 Å². The van der Waals surface area contributed by atoms with Gasteiger partial charge in [0.25, 0.3) is 5.91 Å². The van der Waals surface area contributed by atoms with Crippen LogP contribution in [-0.4, -0.2) is 23.1 Å². The molecule has 3 aromatic rings. The molecule has 1 aromatic heterocycles. The van der Waals surface area contributed by atoms with Crippen LogP contribution in [0, 0.1) is 0 Å². The Labute approximate surface area is 152 Å². The summed E-state index contributed by atoms with van der Waals surface area (Å²) in [6.45, 7) is 4.47. The molecule has 0 atom stereocenters. The molecular weight excluding hydrogens is 328 g/mol. The van der Waals surface area contributed by atoms with E-state index in [-0.39, 0.29) is 12.5 Å². The molecule has 26 heavy (non-hydrogen) atoms. The Hall–Kier alpha value is -3.08. The number of hydrogen-bond donors (Lipinski definition) is 1. The first-order chi connectivity index (χ1) is 12.6. The Balaban J connectivity index is 1.68. The fraction of sp³-hybridized carbons (Fsp3) is 0.238. The molecule has 0 bridgehead atoms. The fourth-order valence-corrected chi connectivity index (χ4v) is 3.02. The number of carbonyl (C=O) groups is 2. The number of benzene rings is 2. The number of aromatic nitrogens is 1. The number of nitrogens with zero attached hydrogens (tertiary/aromatic N) is 1. The van der Waals surface area contributed by atoms with Crippen LogP contribution in [0.5, 0.6) is 0 Å². The predicted molar refractivity (Wildman–Crippen MR) is 102 cm³/mol. The van der Waals surface area contributed by atoms with Crippen LogP contribution in [-0.2, 0) is 22.5 Å². The van der Waals surface area contributed by atoms with Gasteiger partial charge in [0.05, 0.1) is 5.56 Å². The molecule has 0 unspecified atom stereocenters. The lowest BCUT2D eigenvalue weighted by atomic mass is 10.1. The van der Waals surface area contributed by atoms with Crippen LogP contribution < -0.4 is 5.32 Å². The van der Waals surface area contributed by atoms with Crippen molar-refractivity contribution in [3.05, 3.63) is 65.9 Å². The Morgan fingerprint density at radius 2 is 1.77 bits per heavy atom. The number of rotatable bonds is 6. The number of amides is 1. The van der Waals surface area contributed by atoms with Gasteiger partial charge >= 0.3 is 5.97 Å². The largest absolute Gasteiger partial charge is 0.452 e. The van der Waals surface area contributed by atoms with Crippen molar-refractivity contribution in [2.45, 2.75) is 26.8 Å². The molecule has 0 saturated carbocycles. The Bertz CT molecular complexity index is 943. The average Bonchev–Trinajstić information content (AvgIpc) is 3.05. The normalized spacial score (nSPS) is 10.7. The average molecular weight is 350 g/mol. The first kappa shape index (κ1) is 17.7. The number of hydrogen-bond acceptors (Lipinski definition) is 3. The Morgan fingerprint density at radius 1 is 1.04 bits per heavy atom. The molecule has 1 heterocycles. The number of fused-ring (bicyclic) bond motifs is 1. The first-order valence-electron chi connectivity index (χ1n) is 8.76. The zero-order valence-corrected chi connectivity index (χ0v) is 15.0. The zero-order chi connectivity index (χ0) is 18.5. The van der Waals surface area contributed by atoms with Crippen molar-refractivity contribution in [2.24, 2.45) is 0 Å². The van der Waals surface area contributed by atoms with E-state index in [1.807, 2.05) is 66.9 Å². The van der Waals surface area contributed by atoms with E-state index in [2.05, 4.69) is 5.32 Å². The molecule has 0 fully saturated rings. The molecule has 134 valence electrons. The lowest BCUT2D eigenvalue weighted by Gasteiger charge is -2.09. The van der Waals surface area contributed by atoms with Crippen LogP contribution in [0.1, 0.15) is 29.8 Å². The molecular formula is C21H22N2O3. The van der Waals surface area contributed by atoms with Gasteiger partial charge in [-0.3, -0.25) is 4.79 Å². The second kappa shape index (κ2) is 7.87. The molecule has 1 amide bonds. The van der Waals surface area contributed by atoms with E-state index in [1.165, 1.54) is 0 Å². The van der Waals surface area contributed by atoms with Gasteiger partial charge in [0, 0.05) is 29.3 Å². The third-order valence-corrected chi connectivity index (χ3v) is 4.36. The highest BCUT2D eigenvalue weighted by molar-refractivity contribution is 6.05. The summed E-state index contributed by atoms with van der Waals surface area (Å²) in [5, 5.41) is 3.63. The van der Waals surface area contributed by atoms with Gasteiger partial charge in [0.2, 0.25) is 0 Å². The summed E-state index contributed by atoms with van der Waals surface area (Å²) in [6, 6.07) is 15.3. The smallest absolute Gasteiger partial charge is 0.340 e. The van der Waals surface area contributed by atoms with Crippen molar-refractivity contribution in [1.29, 1.82) is 0 Å². The minimum absolute atomic E-state index is 0.317. The van der Waals surface area contributed by atoms with Crippen LogP contribution >= 0.6 is 0 Å². The molecule has 0 aliphatic rings. The molecule has 0 aliphatic heterocycles. The van der Waals surface area contributed by atoms with Crippen LogP contribution in [0.2, 0.25) is 0 Å². The van der Waals surface area contributed by atoms with Gasteiger partial charge in [-0.2, -0.15) is 0 Å². The second-order valence-corrected chi connectivity index (χ2v) is 5.98. The number of carbonyl (C=O) groups excluding carboxylic acids is 2. The SMILES string of the molecule is CCc1ccccc1NC(=O)COC(=O)c1cn(CC)c2ccccc12. The summed E-state index contributed by atoms with van der Waals surface area (Å²) >= 11 is 0. The molecule has 0 saturated heterocycles. The summed E-state index contributed by atoms with van der Waals surface area (Å²) in [4.78, 5) is 24.6. The molecule has 1 N–H and O–H groups in total. The third-order valence-electron chi connectivity index (χ3n) is 4.36. The van der Waals surface area contributed by atoms with Crippen LogP contribution in [0.4, 0.5) is 5.69 Å². The molecule has 2 aromatic carbocycles. The van der Waals surface area contributed by atoms with Gasteiger partial charge < -0.3 is 14.6 Å². The highest BCUT2D eigenvalue weighted by Crippen LogP contribution is 2.22. The van der Waals surface area contributed by atoms with Crippen molar-refractivity contribution in [3.8, 4) is 0 Å². The minimum atomic E-state index is -0.493. The second-order valence-electron chi connectivity index (χ2n) is 5.98. The first-order valence-corrected chi connectivity index (χ1v) is 8.76. The standard InChI is InChI=1S/C21H22N2O3/c1-3-15-9-5-7-11-18(15)22-20(24)14-26-21(25)17-13-23(4-2)19-12-8-6-10-16(17)19/h5-13H,3-4,14H2,1-2H3,(H,22,24). The summed E-state index contributed by atoms with van der Waals surface area (Å²) < 4.78 is 7.23. The number of anilines is 1. The van der Waals surface area contributed by atoms with Crippen molar-refractivity contribution < 1.29 is 14.3 Å². The number of para-hydroxylation sites is 2. The Kier molecular flexibility index (Phi) is 5.37. The maximum Gasteiger partial charge on any atom is 0.340 e. The van der Waals surface area contributed by atoms with Crippen molar-refractivity contribution >= 4 is 28.5 Å². The Morgan fingerprint density at radius 3 is 2.54 bits per heavy atom. The highest BCUT2D eigenvalue weighted by atomic mass is 16.5. The lowest BCUT2D eigenvalue weighted by Crippen LogP contribution is -2.21. The topological polar surface area (TPSA) is 60.3 Å². The quantitative estimate of drug-likeness (QED) is 0.683. The van der Waals surface area contributed by atoms with Crippen LogP contribution in [0.15, 0.2) is 54.7 Å². The summed E-state index contributed by atoms with van der Waals surface area (Å²) in [7, 11) is 0. The van der Waals surface area contributed by atoms with Gasteiger partial charge in [-0.05, 0) is 31.0 Å². The van der Waals surface area contributed by atoms with E-state index >= 15 is 0 Å². The summed E-state index contributed by atoms with van der Waals surface area (Å²) in [5.74, 6) is -0.842. The van der Waals surface area contributed by atoms with E-state index in [0.717, 1.165) is 35.1 Å². The van der Waals surface area contributed by atoms with Gasteiger partial charge in [-0.1, -0.05) is 43.3 Å². The zero-order valence-electron chi connectivity index (χ0n) is 15.0. The van der Waals surface area contributed by atoms with Gasteiger partial charge in [-0.25, -0.2) is 4.79 Å². The summed E-state index contributed by atoms with van der Waals surface area (Å²) in [5.41, 5.74) is 3.24. The third kappa shape index (κ3) is 3.61. The maximum atomic E-state index is 12.5.